The van der Waals surface area contributed by atoms with Gasteiger partial charge in [0.15, 0.2) is 5.82 Å². The second-order valence-corrected chi connectivity index (χ2v) is 17.2. The molecule has 1 fully saturated rings. The fourth-order valence-corrected chi connectivity index (χ4v) is 9.02. The highest BCUT2D eigenvalue weighted by molar-refractivity contribution is 7.99. The molecule has 0 spiro atoms. The van der Waals surface area contributed by atoms with E-state index in [2.05, 4.69) is 46.8 Å². The molecule has 2 N–H and O–H groups in total. The van der Waals surface area contributed by atoms with Crippen molar-refractivity contribution in [3.8, 4) is 11.1 Å². The average Bonchev–Trinajstić information content (AvgIpc) is 3.23. The largest absolute Gasteiger partial charge is 0.376 e. The number of rotatable bonds is 16. The van der Waals surface area contributed by atoms with Gasteiger partial charge in [-0.2, -0.15) is 0 Å². The summed E-state index contributed by atoms with van der Waals surface area (Å²) < 4.78 is 43.6. The molecule has 0 radical (unpaired) electrons. The molecule has 1 aliphatic heterocycles. The van der Waals surface area contributed by atoms with Crippen molar-refractivity contribution in [1.82, 2.24) is 19.8 Å². The third kappa shape index (κ3) is 10.1. The molecule has 7 rings (SSSR count). The number of halogens is 1. The maximum atomic E-state index is 13.7. The third-order valence-electron chi connectivity index (χ3n) is 10.1. The fourth-order valence-electron chi connectivity index (χ4n) is 6.98. The van der Waals surface area contributed by atoms with Gasteiger partial charge in [0.1, 0.15) is 17.8 Å². The molecular weight excluding hydrogens is 776 g/mol. The molecule has 0 saturated carbocycles. The summed E-state index contributed by atoms with van der Waals surface area (Å²) in [5.41, 5.74) is 4.68. The van der Waals surface area contributed by atoms with E-state index < -0.39 is 14.9 Å². The Morgan fingerprint density at radius 3 is 2.38 bits per heavy atom. The maximum absolute atomic E-state index is 13.7. The van der Waals surface area contributed by atoms with Crippen molar-refractivity contribution in [2.75, 3.05) is 67.5 Å². The van der Waals surface area contributed by atoms with E-state index in [1.807, 2.05) is 80.8 Å². The van der Waals surface area contributed by atoms with Gasteiger partial charge in [-0.05, 0) is 98.3 Å². The van der Waals surface area contributed by atoms with E-state index in [1.165, 1.54) is 36.2 Å². The first-order chi connectivity index (χ1) is 28.0. The van der Waals surface area contributed by atoms with E-state index in [9.17, 15) is 22.9 Å². The van der Waals surface area contributed by atoms with E-state index in [1.54, 1.807) is 17.8 Å². The smallest absolute Gasteiger partial charge is 0.293 e. The van der Waals surface area contributed by atoms with Crippen LogP contribution in [-0.2, 0) is 16.6 Å². The number of aromatic nitrogens is 2. The maximum Gasteiger partial charge on any atom is 0.293 e. The van der Waals surface area contributed by atoms with Crippen LogP contribution in [0, 0.1) is 15.9 Å². The fraction of sp³-hybridized carbons (Fsp3) is 0.256. The standard InChI is InChI=1S/C43H45FN8O4S2/c1-49(2)21-20-34(29-57-36-9-4-3-5-10-36)47-40-19-17-37(27-42(40)52(53)54)58(55,56)48-43-39-18-16-35(26-41(39)45-30-46-43)51-24-22-50(23-25-51)28-32-8-6-7-11-38(32)31-12-14-33(44)15-13-31/h3-19,26-27,30,34,47H,20-25,28-29H2,1-2H3,(H,45,46,48). The predicted molar refractivity (Wildman–Crippen MR) is 231 cm³/mol. The van der Waals surface area contributed by atoms with Gasteiger partial charge < -0.3 is 15.1 Å². The molecule has 2 heterocycles. The molecule has 1 saturated heterocycles. The number of sulfonamides is 1. The normalized spacial score (nSPS) is 14.1. The molecule has 15 heteroatoms. The van der Waals surface area contributed by atoms with Crippen LogP contribution in [0.25, 0.3) is 22.0 Å². The first-order valence-corrected chi connectivity index (χ1v) is 21.5. The molecule has 0 amide bonds. The van der Waals surface area contributed by atoms with Gasteiger partial charge in [-0.1, -0.05) is 54.6 Å². The lowest BCUT2D eigenvalue weighted by atomic mass is 9.99. The molecule has 1 atom stereocenters. The van der Waals surface area contributed by atoms with Crippen molar-refractivity contribution in [1.29, 1.82) is 0 Å². The zero-order valence-electron chi connectivity index (χ0n) is 32.3. The molecule has 1 unspecified atom stereocenters. The Morgan fingerprint density at radius 2 is 1.64 bits per heavy atom. The van der Waals surface area contributed by atoms with Crippen LogP contribution in [-0.4, -0.2) is 91.7 Å². The average molecular weight is 821 g/mol. The van der Waals surface area contributed by atoms with Gasteiger partial charge in [-0.25, -0.2) is 22.8 Å². The molecule has 12 nitrogen and oxygen atoms in total. The third-order valence-corrected chi connectivity index (χ3v) is 12.6. The Labute approximate surface area is 342 Å². The molecule has 1 aliphatic rings. The SMILES string of the molecule is CN(C)CCC(CSc1ccccc1)Nc1ccc(S(=O)(=O)Nc2ncnc3cc(N4CCN(Cc5ccccc5-c5ccc(F)cc5)CC4)ccc23)cc1[N+](=O)[O-]. The van der Waals surface area contributed by atoms with E-state index >= 15 is 0 Å². The summed E-state index contributed by atoms with van der Waals surface area (Å²) in [4.78, 5) is 28.0. The minimum absolute atomic E-state index is 0.0766. The van der Waals surface area contributed by atoms with E-state index in [0.717, 1.165) is 73.5 Å². The van der Waals surface area contributed by atoms with Gasteiger partial charge in [-0.15, -0.1) is 11.8 Å². The summed E-state index contributed by atoms with van der Waals surface area (Å²) in [7, 11) is -0.331. The Balaban J connectivity index is 1.02. The molecule has 0 aliphatic carbocycles. The van der Waals surface area contributed by atoms with Gasteiger partial charge in [0.2, 0.25) is 0 Å². The zero-order valence-corrected chi connectivity index (χ0v) is 33.9. The summed E-state index contributed by atoms with van der Waals surface area (Å²) in [6.07, 6.45) is 2.02. The van der Waals surface area contributed by atoms with Crippen LogP contribution in [0.15, 0.2) is 131 Å². The Morgan fingerprint density at radius 1 is 0.897 bits per heavy atom. The second-order valence-electron chi connectivity index (χ2n) is 14.4. The number of nitrogens with zero attached hydrogens (tertiary/aromatic N) is 6. The van der Waals surface area contributed by atoms with Crippen LogP contribution in [0.2, 0.25) is 0 Å². The van der Waals surface area contributed by atoms with Crippen molar-refractivity contribution < 1.29 is 17.7 Å². The molecule has 6 aromatic rings. The number of nitrogens with one attached hydrogen (secondary N) is 2. The highest BCUT2D eigenvalue weighted by Crippen LogP contribution is 2.33. The number of benzene rings is 5. The van der Waals surface area contributed by atoms with Crippen molar-refractivity contribution in [3.63, 3.8) is 0 Å². The quantitative estimate of drug-likeness (QED) is 0.0559. The Bertz CT molecular complexity index is 2470. The van der Waals surface area contributed by atoms with Crippen molar-refractivity contribution in [2.45, 2.75) is 28.8 Å². The number of piperazine rings is 1. The summed E-state index contributed by atoms with van der Waals surface area (Å²) in [5, 5.41) is 16.1. The highest BCUT2D eigenvalue weighted by Gasteiger charge is 2.25. The zero-order chi connectivity index (χ0) is 40.6. The molecular formula is C43H45FN8O4S2. The van der Waals surface area contributed by atoms with Crippen molar-refractivity contribution in [3.05, 3.63) is 143 Å². The lowest BCUT2D eigenvalue weighted by Gasteiger charge is -2.36. The summed E-state index contributed by atoms with van der Waals surface area (Å²) in [6, 6.07) is 34.2. The summed E-state index contributed by atoms with van der Waals surface area (Å²) in [6.45, 7) is 4.74. The van der Waals surface area contributed by atoms with Crippen LogP contribution >= 0.6 is 11.8 Å². The second kappa shape index (κ2) is 18.3. The lowest BCUT2D eigenvalue weighted by molar-refractivity contribution is -0.384. The molecule has 58 heavy (non-hydrogen) atoms. The van der Waals surface area contributed by atoms with E-state index in [4.69, 9.17) is 0 Å². The minimum atomic E-state index is -4.28. The molecule has 1 aromatic heterocycles. The highest BCUT2D eigenvalue weighted by atomic mass is 32.2. The minimum Gasteiger partial charge on any atom is -0.376 e. The van der Waals surface area contributed by atoms with Crippen LogP contribution < -0.4 is 14.9 Å². The van der Waals surface area contributed by atoms with E-state index in [-0.39, 0.29) is 33.9 Å². The first kappa shape index (κ1) is 40.6. The van der Waals surface area contributed by atoms with Crippen LogP contribution in [0.3, 0.4) is 0 Å². The monoisotopic (exact) mass is 820 g/mol. The molecule has 0 bridgehead atoms. The van der Waals surface area contributed by atoms with Gasteiger partial charge >= 0.3 is 0 Å². The number of thioether (sulfide) groups is 1. The van der Waals surface area contributed by atoms with Gasteiger partial charge in [0.05, 0.1) is 15.3 Å². The van der Waals surface area contributed by atoms with E-state index in [0.29, 0.717) is 16.7 Å². The number of hydrogen-bond donors (Lipinski definition) is 2. The Kier molecular flexibility index (Phi) is 12.8. The van der Waals surface area contributed by atoms with Crippen LogP contribution in [0.1, 0.15) is 12.0 Å². The molecule has 5 aromatic carbocycles. The predicted octanol–water partition coefficient (Wildman–Crippen LogP) is 7.99. The number of nitro groups is 1. The topological polar surface area (TPSA) is 137 Å². The Hall–Kier alpha value is -5.61. The summed E-state index contributed by atoms with van der Waals surface area (Å²) in [5.74, 6) is 0.476. The van der Waals surface area contributed by atoms with Gasteiger partial charge in [0.25, 0.3) is 15.7 Å². The molecule has 300 valence electrons. The number of anilines is 3. The number of nitro benzene ring substituents is 1. The van der Waals surface area contributed by atoms with Crippen LogP contribution in [0.4, 0.5) is 27.3 Å². The van der Waals surface area contributed by atoms with Crippen molar-refractivity contribution >= 4 is 55.6 Å². The first-order valence-electron chi connectivity index (χ1n) is 19.0. The van der Waals surface area contributed by atoms with Crippen LogP contribution in [0.5, 0.6) is 0 Å². The van der Waals surface area contributed by atoms with Gasteiger partial charge in [-0.3, -0.25) is 19.7 Å². The van der Waals surface area contributed by atoms with Gasteiger partial charge in [0, 0.05) is 66.6 Å². The number of fused-ring (bicyclic) bond motifs is 1. The number of hydrogen-bond acceptors (Lipinski definition) is 11. The van der Waals surface area contributed by atoms with Crippen molar-refractivity contribution in [2.24, 2.45) is 0 Å². The summed E-state index contributed by atoms with van der Waals surface area (Å²) >= 11 is 1.65. The lowest BCUT2D eigenvalue weighted by Crippen LogP contribution is -2.46.